The lowest BCUT2D eigenvalue weighted by molar-refractivity contribution is -0.154. The van der Waals surface area contributed by atoms with Crippen LogP contribution in [0.2, 0.25) is 0 Å². The summed E-state index contributed by atoms with van der Waals surface area (Å²) in [6.45, 7) is 7.67. The van der Waals surface area contributed by atoms with Crippen LogP contribution in [0.4, 0.5) is 5.13 Å². The van der Waals surface area contributed by atoms with Gasteiger partial charge in [0.2, 0.25) is 5.91 Å². The Balaban J connectivity index is 0.00000145. The van der Waals surface area contributed by atoms with E-state index in [0.29, 0.717) is 11.3 Å². The molecule has 1 fully saturated rings. The number of esters is 1. The van der Waals surface area contributed by atoms with Gasteiger partial charge in [-0.1, -0.05) is 31.7 Å². The van der Waals surface area contributed by atoms with Crippen molar-refractivity contribution in [1.82, 2.24) is 9.88 Å². The van der Waals surface area contributed by atoms with Crippen LogP contribution in [-0.4, -0.2) is 56.7 Å². The number of carbonyl (C=O) groups excluding carboxylic acids is 3. The van der Waals surface area contributed by atoms with Crippen LogP contribution < -0.4 is 5.73 Å². The van der Waals surface area contributed by atoms with Crippen LogP contribution in [0.3, 0.4) is 0 Å². The van der Waals surface area contributed by atoms with Gasteiger partial charge in [-0.3, -0.25) is 14.5 Å². The van der Waals surface area contributed by atoms with E-state index in [1.54, 1.807) is 0 Å². The summed E-state index contributed by atoms with van der Waals surface area (Å²) in [4.78, 5) is 42.5. The van der Waals surface area contributed by atoms with Gasteiger partial charge in [0.1, 0.15) is 11.4 Å². The lowest BCUT2D eigenvalue weighted by atomic mass is 9.89. The number of amides is 1. The van der Waals surface area contributed by atoms with Gasteiger partial charge in [-0.05, 0) is 5.57 Å². The zero-order valence-electron chi connectivity index (χ0n) is 16.2. The summed E-state index contributed by atoms with van der Waals surface area (Å²) in [7, 11) is 1.24. The number of hydrogen-bond acceptors (Lipinski definition) is 10. The number of carbonyl (C=O) groups is 3. The predicted molar refractivity (Wildman–Crippen MR) is 112 cm³/mol. The van der Waals surface area contributed by atoms with Crippen molar-refractivity contribution < 1.29 is 24.3 Å². The van der Waals surface area contributed by atoms with E-state index < -0.39 is 17.7 Å². The molecule has 0 spiro atoms. The van der Waals surface area contributed by atoms with E-state index >= 15 is 0 Å². The number of oxime groups is 1. The Morgan fingerprint density at radius 2 is 2.21 bits per heavy atom. The Labute approximate surface area is 176 Å². The monoisotopic (exact) mass is 438 g/mol. The number of β-lactam (4-membered cyclic amide) rings is 1. The number of Topliss-reactive ketones (excluding diaryl/α,β-unsaturated/α-hetero) is 1. The van der Waals surface area contributed by atoms with Crippen LogP contribution >= 0.6 is 23.1 Å². The minimum atomic E-state index is -0.638. The zero-order chi connectivity index (χ0) is 21.7. The topological polar surface area (TPSA) is 135 Å². The van der Waals surface area contributed by atoms with Crippen molar-refractivity contribution in [3.63, 3.8) is 0 Å². The minimum absolute atomic E-state index is 0.160. The molecule has 11 heteroatoms. The molecule has 2 aliphatic heterocycles. The number of fused-ring (bicyclic) bond motifs is 1. The molecule has 1 amide bonds. The molecule has 1 aromatic heterocycles. The Bertz CT molecular complexity index is 893. The van der Waals surface area contributed by atoms with E-state index in [9.17, 15) is 19.6 Å². The second kappa shape index (κ2) is 9.70. The number of nitrogen functional groups attached to an aromatic ring is 1. The summed E-state index contributed by atoms with van der Waals surface area (Å²) in [5.41, 5.74) is 6.23. The number of ether oxygens (including phenoxy) is 1. The molecule has 0 aliphatic carbocycles. The molecular formula is C18H22N4O5S2. The van der Waals surface area contributed by atoms with Crippen molar-refractivity contribution in [1.29, 1.82) is 0 Å². The molecule has 3 rings (SSSR count). The number of methoxy groups -OCH3 is 1. The molecule has 0 radical (unpaired) electrons. The first kappa shape index (κ1) is 22.6. The molecule has 1 aromatic rings. The molecule has 3 N–H and O–H groups in total. The van der Waals surface area contributed by atoms with Crippen LogP contribution in [0.15, 0.2) is 34.5 Å². The van der Waals surface area contributed by atoms with Gasteiger partial charge in [0, 0.05) is 17.6 Å². The SMILES string of the molecule is C=CC1=C(C(=O)OC)N2C(=O)C(CC(=O)/C(=N\O)c3csc(N)n3)C2SC1.CC. The van der Waals surface area contributed by atoms with Gasteiger partial charge in [0.25, 0.3) is 0 Å². The van der Waals surface area contributed by atoms with Crippen LogP contribution in [0, 0.1) is 5.92 Å². The van der Waals surface area contributed by atoms with Gasteiger partial charge >= 0.3 is 5.97 Å². The van der Waals surface area contributed by atoms with Crippen molar-refractivity contribution in [2.24, 2.45) is 11.1 Å². The standard InChI is InChI=1S/C16H16N4O5S2.C2H6/c1-3-7-5-26-14-8(13(22)20(14)12(7)15(23)25-2)4-10(21)11(19-24)9-6-27-16(17)18-9;1-2/h3,6,8,14,24H,1,4-5H2,2H3,(H2,17,18);1-2H3/b19-11-;. The summed E-state index contributed by atoms with van der Waals surface area (Å²) < 4.78 is 4.77. The second-order valence-electron chi connectivity index (χ2n) is 5.73. The summed E-state index contributed by atoms with van der Waals surface area (Å²) >= 11 is 2.54. The summed E-state index contributed by atoms with van der Waals surface area (Å²) in [6.07, 6.45) is 1.35. The smallest absolute Gasteiger partial charge is 0.355 e. The van der Waals surface area contributed by atoms with Crippen LogP contribution in [0.1, 0.15) is 26.0 Å². The molecule has 0 saturated carbocycles. The molecule has 2 unspecified atom stereocenters. The van der Waals surface area contributed by atoms with Gasteiger partial charge < -0.3 is 15.7 Å². The molecule has 0 bridgehead atoms. The van der Waals surface area contributed by atoms with Crippen molar-refractivity contribution in [2.45, 2.75) is 25.6 Å². The summed E-state index contributed by atoms with van der Waals surface area (Å²) in [5.74, 6) is -1.68. The second-order valence-corrected chi connectivity index (χ2v) is 7.73. The molecular weight excluding hydrogens is 416 g/mol. The summed E-state index contributed by atoms with van der Waals surface area (Å²) in [6, 6.07) is 0. The number of aromatic nitrogens is 1. The van der Waals surface area contributed by atoms with E-state index in [1.807, 2.05) is 13.8 Å². The Kier molecular flexibility index (Phi) is 7.57. The van der Waals surface area contributed by atoms with Crippen molar-refractivity contribution in [3.05, 3.63) is 35.0 Å². The lowest BCUT2D eigenvalue weighted by Gasteiger charge is -2.49. The van der Waals surface area contributed by atoms with Gasteiger partial charge in [-0.25, -0.2) is 9.78 Å². The fourth-order valence-corrected chi connectivity index (χ4v) is 4.92. The Morgan fingerprint density at radius 1 is 1.52 bits per heavy atom. The molecule has 2 atom stereocenters. The molecule has 0 aromatic carbocycles. The number of anilines is 1. The third kappa shape index (κ3) is 4.20. The van der Waals surface area contributed by atoms with Gasteiger partial charge in [-0.2, -0.15) is 0 Å². The first-order valence-corrected chi connectivity index (χ1v) is 10.7. The Hall–Kier alpha value is -2.66. The van der Waals surface area contributed by atoms with E-state index in [1.165, 1.54) is 35.2 Å². The van der Waals surface area contributed by atoms with Crippen molar-refractivity contribution in [3.8, 4) is 0 Å². The molecule has 2 aliphatic rings. The van der Waals surface area contributed by atoms with Crippen LogP contribution in [0.25, 0.3) is 0 Å². The fourth-order valence-electron chi connectivity index (χ4n) is 2.96. The van der Waals surface area contributed by atoms with E-state index in [4.69, 9.17) is 10.5 Å². The Morgan fingerprint density at radius 3 is 2.72 bits per heavy atom. The number of thioether (sulfide) groups is 1. The highest BCUT2D eigenvalue weighted by molar-refractivity contribution is 8.00. The average molecular weight is 439 g/mol. The molecule has 1 saturated heterocycles. The normalized spacial score (nSPS) is 20.9. The maximum absolute atomic E-state index is 12.6. The van der Waals surface area contributed by atoms with Gasteiger partial charge in [0.05, 0.1) is 18.4 Å². The highest BCUT2D eigenvalue weighted by atomic mass is 32.2. The predicted octanol–water partition coefficient (Wildman–Crippen LogP) is 2.03. The quantitative estimate of drug-likeness (QED) is 0.226. The largest absolute Gasteiger partial charge is 0.464 e. The maximum atomic E-state index is 12.6. The average Bonchev–Trinajstić information content (AvgIpc) is 3.17. The number of nitrogens with zero attached hydrogens (tertiary/aromatic N) is 3. The van der Waals surface area contributed by atoms with Crippen molar-refractivity contribution in [2.75, 3.05) is 18.6 Å². The third-order valence-electron chi connectivity index (χ3n) is 4.27. The number of rotatable bonds is 6. The number of allylic oxidation sites excluding steroid dienone is 1. The van der Waals surface area contributed by atoms with Crippen LogP contribution in [0.5, 0.6) is 0 Å². The summed E-state index contributed by atoms with van der Waals surface area (Å²) in [5, 5.41) is 13.6. The number of hydrogen-bond donors (Lipinski definition) is 2. The molecule has 3 heterocycles. The third-order valence-corrected chi connectivity index (χ3v) is 6.30. The molecule has 156 valence electrons. The first-order valence-electron chi connectivity index (χ1n) is 8.78. The van der Waals surface area contributed by atoms with E-state index in [2.05, 4.69) is 16.7 Å². The zero-order valence-corrected chi connectivity index (χ0v) is 17.9. The first-order chi connectivity index (χ1) is 13.9. The molecule has 9 nitrogen and oxygen atoms in total. The highest BCUT2D eigenvalue weighted by Gasteiger charge is 2.54. The van der Waals surface area contributed by atoms with Gasteiger partial charge in [-0.15, -0.1) is 23.1 Å². The fraction of sp³-hybridized carbons (Fsp3) is 0.389. The number of nitrogens with two attached hydrogens (primary N) is 1. The van der Waals surface area contributed by atoms with Crippen molar-refractivity contribution >= 4 is 51.6 Å². The lowest BCUT2D eigenvalue weighted by Crippen LogP contribution is -2.62. The number of ketones is 1. The number of thiazole rings is 1. The highest BCUT2D eigenvalue weighted by Crippen LogP contribution is 2.45. The van der Waals surface area contributed by atoms with E-state index in [0.717, 1.165) is 11.3 Å². The maximum Gasteiger partial charge on any atom is 0.355 e. The van der Waals surface area contributed by atoms with Crippen LogP contribution in [-0.2, 0) is 19.1 Å². The van der Waals surface area contributed by atoms with E-state index in [-0.39, 0.29) is 39.9 Å². The van der Waals surface area contributed by atoms with Gasteiger partial charge in [0.15, 0.2) is 16.6 Å². The minimum Gasteiger partial charge on any atom is -0.464 e. The molecule has 29 heavy (non-hydrogen) atoms.